The Balaban J connectivity index is 1.55. The average molecular weight is 473 g/mol. The van der Waals surface area contributed by atoms with E-state index in [0.717, 1.165) is 40.4 Å². The number of para-hydroxylation sites is 1. The molecule has 6 heteroatoms. The predicted molar refractivity (Wildman–Crippen MR) is 133 cm³/mol. The Labute approximate surface area is 200 Å². The molecule has 1 aliphatic rings. The fourth-order valence-electron chi connectivity index (χ4n) is 4.53. The molecule has 1 heterocycles. The first kappa shape index (κ1) is 22.4. The smallest absolute Gasteiger partial charge is 0.224 e. The maximum atomic E-state index is 13.9. The van der Waals surface area contributed by atoms with E-state index in [2.05, 4.69) is 5.32 Å². The minimum Gasteiger partial charge on any atom is -0.349 e. The third-order valence-corrected chi connectivity index (χ3v) is 7.25. The van der Waals surface area contributed by atoms with Gasteiger partial charge in [0.25, 0.3) is 0 Å². The fraction of sp³-hybridized carbons (Fsp3) is 0.214. The van der Waals surface area contributed by atoms with Crippen LogP contribution < -0.4 is 5.32 Å². The zero-order chi connectivity index (χ0) is 23.7. The van der Waals surface area contributed by atoms with Crippen molar-refractivity contribution in [3.8, 4) is 11.3 Å². The van der Waals surface area contributed by atoms with Crippen molar-refractivity contribution in [2.45, 2.75) is 30.2 Å². The molecular formula is C28H25FN2O2S. The molecule has 4 aromatic rings. The number of carbonyl (C=O) groups is 1. The zero-order valence-corrected chi connectivity index (χ0v) is 19.6. The van der Waals surface area contributed by atoms with Crippen LogP contribution in [0.25, 0.3) is 22.2 Å². The van der Waals surface area contributed by atoms with Crippen LogP contribution in [-0.4, -0.2) is 21.4 Å². The number of pyridine rings is 1. The van der Waals surface area contributed by atoms with Gasteiger partial charge in [-0.2, -0.15) is 0 Å². The molecule has 4 nitrogen and oxygen atoms in total. The molecule has 34 heavy (non-hydrogen) atoms. The standard InChI is InChI=1S/C28H25FN2O2S/c1-34(33)28-23(17-25(32)31-26(19-14-15-19)20-10-7-11-21(29)16-20)22-12-5-6-13-24(22)30-27(28)18-8-3-2-4-9-18/h2-13,16,19,26H,14-15,17H2,1H3,(H,31,32). The van der Waals surface area contributed by atoms with Crippen molar-refractivity contribution >= 4 is 27.6 Å². The molecule has 1 N–H and O–H groups in total. The van der Waals surface area contributed by atoms with E-state index in [4.69, 9.17) is 4.98 Å². The molecule has 0 saturated heterocycles. The Morgan fingerprint density at radius 3 is 2.50 bits per heavy atom. The molecule has 3 aromatic carbocycles. The van der Waals surface area contributed by atoms with Gasteiger partial charge in [-0.3, -0.25) is 9.00 Å². The van der Waals surface area contributed by atoms with Crippen molar-refractivity contribution in [3.05, 3.63) is 95.8 Å². The van der Waals surface area contributed by atoms with E-state index < -0.39 is 10.8 Å². The van der Waals surface area contributed by atoms with Gasteiger partial charge in [0.15, 0.2) is 0 Å². The molecule has 1 aromatic heterocycles. The highest BCUT2D eigenvalue weighted by atomic mass is 32.2. The Kier molecular flexibility index (Phi) is 6.24. The van der Waals surface area contributed by atoms with Crippen molar-refractivity contribution < 1.29 is 13.4 Å². The minimum absolute atomic E-state index is 0.0658. The van der Waals surface area contributed by atoms with Crippen LogP contribution in [0.4, 0.5) is 4.39 Å². The van der Waals surface area contributed by atoms with Crippen molar-refractivity contribution in [1.82, 2.24) is 10.3 Å². The highest BCUT2D eigenvalue weighted by Gasteiger charge is 2.34. The van der Waals surface area contributed by atoms with E-state index in [1.807, 2.05) is 60.7 Å². The lowest BCUT2D eigenvalue weighted by Crippen LogP contribution is -2.31. The number of nitrogens with one attached hydrogen (secondary N) is 1. The van der Waals surface area contributed by atoms with E-state index in [1.54, 1.807) is 12.3 Å². The van der Waals surface area contributed by atoms with Gasteiger partial charge in [-0.25, -0.2) is 9.37 Å². The summed E-state index contributed by atoms with van der Waals surface area (Å²) in [6.07, 6.45) is 3.69. The van der Waals surface area contributed by atoms with E-state index in [0.29, 0.717) is 16.5 Å². The molecule has 1 fully saturated rings. The monoisotopic (exact) mass is 472 g/mol. The Bertz CT molecular complexity index is 1390. The normalized spacial score (nSPS) is 15.1. The van der Waals surface area contributed by atoms with Gasteiger partial charge in [0.1, 0.15) is 5.82 Å². The molecule has 1 aliphatic carbocycles. The van der Waals surface area contributed by atoms with E-state index in [9.17, 15) is 13.4 Å². The van der Waals surface area contributed by atoms with Gasteiger partial charge in [0.2, 0.25) is 5.91 Å². The third-order valence-electron chi connectivity index (χ3n) is 6.24. The van der Waals surface area contributed by atoms with Crippen LogP contribution in [0.1, 0.15) is 30.0 Å². The molecule has 5 rings (SSSR count). The number of rotatable bonds is 7. The largest absolute Gasteiger partial charge is 0.349 e. The molecule has 1 saturated carbocycles. The molecule has 2 unspecified atom stereocenters. The number of hydrogen-bond donors (Lipinski definition) is 1. The van der Waals surface area contributed by atoms with Crippen molar-refractivity contribution in [1.29, 1.82) is 0 Å². The van der Waals surface area contributed by atoms with Gasteiger partial charge in [-0.15, -0.1) is 0 Å². The molecule has 0 aliphatic heterocycles. The average Bonchev–Trinajstić information content (AvgIpc) is 3.68. The summed E-state index contributed by atoms with van der Waals surface area (Å²) in [5.41, 5.74) is 3.74. The number of carbonyl (C=O) groups excluding carboxylic acids is 1. The van der Waals surface area contributed by atoms with Gasteiger partial charge in [-0.1, -0.05) is 60.7 Å². The molecule has 0 spiro atoms. The summed E-state index contributed by atoms with van der Waals surface area (Å²) < 4.78 is 26.8. The predicted octanol–water partition coefficient (Wildman–Crippen LogP) is 5.59. The van der Waals surface area contributed by atoms with Gasteiger partial charge in [-0.05, 0) is 48.1 Å². The lowest BCUT2D eigenvalue weighted by atomic mass is 9.99. The summed E-state index contributed by atoms with van der Waals surface area (Å²) >= 11 is 0. The Morgan fingerprint density at radius 2 is 1.79 bits per heavy atom. The SMILES string of the molecule is CS(=O)c1c(-c2ccccc2)nc2ccccc2c1CC(=O)NC(c1cccc(F)c1)C1CC1. The van der Waals surface area contributed by atoms with Gasteiger partial charge < -0.3 is 5.32 Å². The zero-order valence-electron chi connectivity index (χ0n) is 18.8. The number of nitrogens with zero attached hydrogens (tertiary/aromatic N) is 1. The van der Waals surface area contributed by atoms with Gasteiger partial charge in [0.05, 0.1) is 39.4 Å². The number of amides is 1. The summed E-state index contributed by atoms with van der Waals surface area (Å²) in [4.78, 5) is 18.8. The number of aromatic nitrogens is 1. The molecule has 2 atom stereocenters. The van der Waals surface area contributed by atoms with Crippen LogP contribution in [0.3, 0.4) is 0 Å². The first-order valence-electron chi connectivity index (χ1n) is 11.4. The highest BCUT2D eigenvalue weighted by molar-refractivity contribution is 7.84. The summed E-state index contributed by atoms with van der Waals surface area (Å²) in [5.74, 6) is -0.184. The maximum absolute atomic E-state index is 13.9. The van der Waals surface area contributed by atoms with Crippen molar-refractivity contribution in [2.75, 3.05) is 6.26 Å². The Morgan fingerprint density at radius 1 is 1.06 bits per heavy atom. The van der Waals surface area contributed by atoms with Crippen molar-refractivity contribution in [2.24, 2.45) is 5.92 Å². The molecule has 0 bridgehead atoms. The second-order valence-electron chi connectivity index (χ2n) is 8.72. The number of fused-ring (bicyclic) bond motifs is 1. The second-order valence-corrected chi connectivity index (χ2v) is 10.0. The highest BCUT2D eigenvalue weighted by Crippen LogP contribution is 2.41. The lowest BCUT2D eigenvalue weighted by Gasteiger charge is -2.20. The Hall–Kier alpha value is -3.38. The molecule has 0 radical (unpaired) electrons. The van der Waals surface area contributed by atoms with Crippen LogP contribution in [0.2, 0.25) is 0 Å². The quantitative estimate of drug-likeness (QED) is 0.382. The van der Waals surface area contributed by atoms with Crippen LogP contribution in [0.15, 0.2) is 83.8 Å². The first-order chi connectivity index (χ1) is 16.5. The van der Waals surface area contributed by atoms with Crippen molar-refractivity contribution in [3.63, 3.8) is 0 Å². The van der Waals surface area contributed by atoms with Crippen LogP contribution in [0, 0.1) is 11.7 Å². The summed E-state index contributed by atoms with van der Waals surface area (Å²) in [7, 11) is -1.37. The third kappa shape index (κ3) is 4.64. The summed E-state index contributed by atoms with van der Waals surface area (Å²) in [6, 6.07) is 23.5. The van der Waals surface area contributed by atoms with Crippen LogP contribution in [-0.2, 0) is 22.0 Å². The number of hydrogen-bond acceptors (Lipinski definition) is 3. The minimum atomic E-state index is -1.37. The molecule has 1 amide bonds. The molecule has 172 valence electrons. The van der Waals surface area contributed by atoms with Gasteiger partial charge >= 0.3 is 0 Å². The van der Waals surface area contributed by atoms with E-state index in [1.165, 1.54) is 12.1 Å². The summed E-state index contributed by atoms with van der Waals surface area (Å²) in [6.45, 7) is 0. The first-order valence-corrected chi connectivity index (χ1v) is 12.9. The molecular weight excluding hydrogens is 447 g/mol. The van der Waals surface area contributed by atoms with Crippen LogP contribution in [0.5, 0.6) is 0 Å². The second kappa shape index (κ2) is 9.47. The van der Waals surface area contributed by atoms with Crippen LogP contribution >= 0.6 is 0 Å². The maximum Gasteiger partial charge on any atom is 0.224 e. The number of halogens is 1. The number of benzene rings is 3. The van der Waals surface area contributed by atoms with Gasteiger partial charge in [0, 0.05) is 17.2 Å². The fourth-order valence-corrected chi connectivity index (χ4v) is 5.49. The summed E-state index contributed by atoms with van der Waals surface area (Å²) in [5, 5.41) is 3.95. The topological polar surface area (TPSA) is 59.1 Å². The van der Waals surface area contributed by atoms with E-state index >= 15 is 0 Å². The van der Waals surface area contributed by atoms with E-state index in [-0.39, 0.29) is 24.2 Å². The lowest BCUT2D eigenvalue weighted by molar-refractivity contribution is -0.121.